The number of hydrazone groups is 1. The molecule has 41 heavy (non-hydrogen) atoms. The number of nitrogens with one attached hydrogen (secondary N) is 1. The fourth-order valence-electron chi connectivity index (χ4n) is 4.30. The molecule has 12 heteroatoms. The highest BCUT2D eigenvalue weighted by Crippen LogP contribution is 2.32. The molecule has 0 atom stereocenters. The summed E-state index contributed by atoms with van der Waals surface area (Å²) in [4.78, 5) is 12.8. The second-order valence-electron chi connectivity index (χ2n) is 8.94. The van der Waals surface area contributed by atoms with E-state index in [0.717, 1.165) is 39.1 Å². The van der Waals surface area contributed by atoms with Gasteiger partial charge in [-0.25, -0.2) is 18.2 Å². The van der Waals surface area contributed by atoms with Crippen molar-refractivity contribution < 1.29 is 27.1 Å². The molecule has 9 nitrogen and oxygen atoms in total. The van der Waals surface area contributed by atoms with E-state index in [-0.39, 0.29) is 16.3 Å². The number of anilines is 1. The van der Waals surface area contributed by atoms with Gasteiger partial charge in [-0.05, 0) is 74.5 Å². The molecular formula is C29H28ClFN4O5S. The summed E-state index contributed by atoms with van der Waals surface area (Å²) >= 11 is 6.15. The Bertz CT molecular complexity index is 1700. The maximum Gasteiger partial charge on any atom is 0.264 e. The van der Waals surface area contributed by atoms with Crippen molar-refractivity contribution in [3.05, 3.63) is 101 Å². The van der Waals surface area contributed by atoms with Crippen LogP contribution in [0.5, 0.6) is 11.5 Å². The van der Waals surface area contributed by atoms with E-state index in [4.69, 9.17) is 21.1 Å². The van der Waals surface area contributed by atoms with Gasteiger partial charge in [0.2, 0.25) is 0 Å². The van der Waals surface area contributed by atoms with Crippen molar-refractivity contribution >= 4 is 39.4 Å². The predicted octanol–water partition coefficient (Wildman–Crippen LogP) is 5.25. The van der Waals surface area contributed by atoms with Crippen LogP contribution < -0.4 is 19.2 Å². The molecule has 0 aliphatic rings. The van der Waals surface area contributed by atoms with Crippen LogP contribution in [0.25, 0.3) is 5.69 Å². The molecule has 0 saturated carbocycles. The van der Waals surface area contributed by atoms with Gasteiger partial charge < -0.3 is 14.0 Å². The van der Waals surface area contributed by atoms with E-state index in [2.05, 4.69) is 10.5 Å². The fraction of sp³-hybridized carbons (Fsp3) is 0.172. The Kier molecular flexibility index (Phi) is 8.99. The van der Waals surface area contributed by atoms with Crippen LogP contribution in [-0.4, -0.2) is 45.9 Å². The van der Waals surface area contributed by atoms with E-state index in [0.29, 0.717) is 10.8 Å². The van der Waals surface area contributed by atoms with Gasteiger partial charge >= 0.3 is 0 Å². The summed E-state index contributed by atoms with van der Waals surface area (Å²) in [7, 11) is -1.49. The predicted molar refractivity (Wildman–Crippen MR) is 156 cm³/mol. The van der Waals surface area contributed by atoms with Crippen LogP contribution in [0.3, 0.4) is 0 Å². The Hall–Kier alpha value is -4.35. The summed E-state index contributed by atoms with van der Waals surface area (Å²) in [5, 5.41) is 4.65. The average Bonchev–Trinajstić information content (AvgIpc) is 3.24. The van der Waals surface area contributed by atoms with Crippen LogP contribution in [0.15, 0.2) is 82.8 Å². The maximum atomic E-state index is 13.7. The first-order valence-corrected chi connectivity index (χ1v) is 14.1. The number of rotatable bonds is 10. The molecule has 1 amide bonds. The van der Waals surface area contributed by atoms with Crippen molar-refractivity contribution in [1.82, 2.24) is 9.99 Å². The molecule has 0 aliphatic heterocycles. The molecule has 0 unspecified atom stereocenters. The molecule has 0 aliphatic carbocycles. The number of carbonyl (C=O) groups is 1. The lowest BCUT2D eigenvalue weighted by atomic mass is 10.2. The first-order valence-electron chi connectivity index (χ1n) is 12.3. The van der Waals surface area contributed by atoms with E-state index < -0.39 is 28.3 Å². The largest absolute Gasteiger partial charge is 0.493 e. The van der Waals surface area contributed by atoms with Gasteiger partial charge in [-0.1, -0.05) is 17.7 Å². The lowest BCUT2D eigenvalue weighted by Crippen LogP contribution is -2.39. The minimum absolute atomic E-state index is 0.0883. The molecule has 0 bridgehead atoms. The van der Waals surface area contributed by atoms with Gasteiger partial charge in [-0.2, -0.15) is 5.10 Å². The van der Waals surface area contributed by atoms with Gasteiger partial charge in [-0.15, -0.1) is 0 Å². The number of carbonyl (C=O) groups excluding carboxylic acids is 1. The number of aryl methyl sites for hydroxylation is 1. The molecule has 0 saturated heterocycles. The van der Waals surface area contributed by atoms with Crippen molar-refractivity contribution in [2.75, 3.05) is 25.1 Å². The van der Waals surface area contributed by atoms with Crippen LogP contribution in [-0.2, 0) is 14.8 Å². The van der Waals surface area contributed by atoms with Crippen molar-refractivity contribution in [3.63, 3.8) is 0 Å². The third kappa shape index (κ3) is 6.53. The summed E-state index contributed by atoms with van der Waals surface area (Å²) in [5.41, 5.74) is 5.90. The summed E-state index contributed by atoms with van der Waals surface area (Å²) in [6.07, 6.45) is 1.48. The van der Waals surface area contributed by atoms with E-state index in [9.17, 15) is 17.6 Å². The molecule has 214 valence electrons. The quantitative estimate of drug-likeness (QED) is 0.198. The molecule has 4 aromatic rings. The third-order valence-corrected chi connectivity index (χ3v) is 8.28. The second-order valence-corrected chi connectivity index (χ2v) is 11.2. The average molecular weight is 599 g/mol. The number of hydrogen-bond acceptors (Lipinski definition) is 6. The van der Waals surface area contributed by atoms with Crippen molar-refractivity contribution in [1.29, 1.82) is 0 Å². The molecular weight excluding hydrogens is 571 g/mol. The number of ether oxygens (including phenoxy) is 2. The van der Waals surface area contributed by atoms with Crippen molar-refractivity contribution in [2.24, 2.45) is 5.10 Å². The Labute approximate surface area is 242 Å². The number of sulfonamides is 1. The van der Waals surface area contributed by atoms with E-state index in [1.807, 2.05) is 42.7 Å². The van der Waals surface area contributed by atoms with Crippen LogP contribution >= 0.6 is 11.6 Å². The van der Waals surface area contributed by atoms with Gasteiger partial charge in [0, 0.05) is 33.7 Å². The zero-order valence-corrected chi connectivity index (χ0v) is 24.3. The van der Waals surface area contributed by atoms with Gasteiger partial charge in [0.25, 0.3) is 15.9 Å². The number of nitrogens with zero attached hydrogens (tertiary/aromatic N) is 3. The molecule has 0 spiro atoms. The fourth-order valence-corrected chi connectivity index (χ4v) is 5.92. The minimum Gasteiger partial charge on any atom is -0.493 e. The topological polar surface area (TPSA) is 102 Å². The zero-order chi connectivity index (χ0) is 29.7. The second kappa shape index (κ2) is 12.4. The molecule has 4 rings (SSSR count). The molecule has 1 aromatic heterocycles. The lowest BCUT2D eigenvalue weighted by Gasteiger charge is -2.24. The van der Waals surface area contributed by atoms with Crippen LogP contribution in [0.1, 0.15) is 17.0 Å². The number of amides is 1. The number of halogens is 2. The normalized spacial score (nSPS) is 11.5. The maximum absolute atomic E-state index is 13.7. The third-order valence-electron chi connectivity index (χ3n) is 6.27. The smallest absolute Gasteiger partial charge is 0.264 e. The molecule has 0 radical (unpaired) electrons. The first-order chi connectivity index (χ1) is 19.5. The molecule has 0 fully saturated rings. The highest BCUT2D eigenvalue weighted by atomic mass is 35.5. The Balaban J connectivity index is 1.58. The Morgan fingerprint density at radius 3 is 2.39 bits per heavy atom. The summed E-state index contributed by atoms with van der Waals surface area (Å²) in [6, 6.07) is 18.1. The van der Waals surface area contributed by atoms with Gasteiger partial charge in [0.05, 0.1) is 31.0 Å². The number of hydrogen-bond donors (Lipinski definition) is 1. The van der Waals surface area contributed by atoms with Crippen LogP contribution in [0, 0.1) is 19.7 Å². The molecule has 3 aromatic carbocycles. The monoisotopic (exact) mass is 598 g/mol. The lowest BCUT2D eigenvalue weighted by molar-refractivity contribution is -0.119. The Morgan fingerprint density at radius 1 is 1.02 bits per heavy atom. The van der Waals surface area contributed by atoms with Crippen LogP contribution in [0.2, 0.25) is 5.02 Å². The standard InChI is InChI=1S/C29H28ClFN4O5S/c1-19-14-21(20(2)35(19)25-7-5-6-22(30)15-25)17-32-33-29(36)18-34(24-10-8-23(31)9-11-24)41(37,38)26-12-13-27(39-3)28(16-26)40-4/h5-17H,18H2,1-4H3,(H,33,36)/b32-17-. The number of benzene rings is 3. The Morgan fingerprint density at radius 2 is 1.73 bits per heavy atom. The summed E-state index contributed by atoms with van der Waals surface area (Å²) in [5.74, 6) is -0.737. The van der Waals surface area contributed by atoms with Gasteiger partial charge in [0.15, 0.2) is 11.5 Å². The minimum atomic E-state index is -4.29. The van der Waals surface area contributed by atoms with Crippen molar-refractivity contribution in [3.8, 4) is 17.2 Å². The van der Waals surface area contributed by atoms with Crippen LogP contribution in [0.4, 0.5) is 10.1 Å². The first kappa shape index (κ1) is 29.6. The summed E-state index contributed by atoms with van der Waals surface area (Å²) in [6.45, 7) is 3.22. The molecule has 1 heterocycles. The highest BCUT2D eigenvalue weighted by Gasteiger charge is 2.28. The van der Waals surface area contributed by atoms with Gasteiger partial charge in [0.1, 0.15) is 12.4 Å². The van der Waals surface area contributed by atoms with Crippen molar-refractivity contribution in [2.45, 2.75) is 18.7 Å². The summed E-state index contributed by atoms with van der Waals surface area (Å²) < 4.78 is 54.3. The zero-order valence-electron chi connectivity index (χ0n) is 22.8. The van der Waals surface area contributed by atoms with E-state index in [1.165, 1.54) is 50.8 Å². The van der Waals surface area contributed by atoms with E-state index in [1.54, 1.807) is 6.07 Å². The molecule has 1 N–H and O–H groups in total. The number of methoxy groups -OCH3 is 2. The highest BCUT2D eigenvalue weighted by molar-refractivity contribution is 7.92. The number of aromatic nitrogens is 1. The SMILES string of the molecule is COc1ccc(S(=O)(=O)N(CC(=O)N/N=C\c2cc(C)n(-c3cccc(Cl)c3)c2C)c2ccc(F)cc2)cc1OC. The van der Waals surface area contributed by atoms with E-state index >= 15 is 0 Å². The van der Waals surface area contributed by atoms with Gasteiger partial charge in [-0.3, -0.25) is 9.10 Å².